The number of nitrogens with one attached hydrogen (secondary N) is 1. The number of piperidine rings is 1. The molecule has 1 atom stereocenters. The molecule has 0 radical (unpaired) electrons. The van der Waals surface area contributed by atoms with Gasteiger partial charge < -0.3 is 14.0 Å². The van der Waals surface area contributed by atoms with E-state index in [-0.39, 0.29) is 10.9 Å². The van der Waals surface area contributed by atoms with Crippen molar-refractivity contribution >= 4 is 21.9 Å². The highest BCUT2D eigenvalue weighted by Gasteiger charge is 2.34. The average molecular weight is 391 g/mol. The topological polar surface area (TPSA) is 125 Å². The molecule has 1 aliphatic heterocycles. The first kappa shape index (κ1) is 18.0. The summed E-state index contributed by atoms with van der Waals surface area (Å²) in [7, 11) is -3.65. The summed E-state index contributed by atoms with van der Waals surface area (Å²) in [5.41, 5.74) is 1.08. The Balaban J connectivity index is 1.44. The third-order valence-corrected chi connectivity index (χ3v) is 6.55. The van der Waals surface area contributed by atoms with E-state index in [0.717, 1.165) is 11.6 Å². The van der Waals surface area contributed by atoms with Gasteiger partial charge in [0.15, 0.2) is 27.6 Å². The minimum Gasteiger partial charge on any atom is -0.593 e. The van der Waals surface area contributed by atoms with Crippen LogP contribution < -0.4 is 9.62 Å². The maximum Gasteiger partial charge on any atom is 0.240 e. The summed E-state index contributed by atoms with van der Waals surface area (Å²) >= 11 is 0. The number of sulfonamides is 1. The molecule has 0 aromatic carbocycles. The predicted octanol–water partition coefficient (Wildman–Crippen LogP) is 1.20. The van der Waals surface area contributed by atoms with Crippen LogP contribution in [0.3, 0.4) is 0 Å². The molecule has 1 unspecified atom stereocenters. The van der Waals surface area contributed by atoms with Crippen molar-refractivity contribution in [1.82, 2.24) is 29.7 Å². The summed E-state index contributed by atoms with van der Waals surface area (Å²) in [5.74, 6) is 1.87. The quantitative estimate of drug-likeness (QED) is 0.658. The summed E-state index contributed by atoms with van der Waals surface area (Å²) in [6, 6.07) is 3.66. The van der Waals surface area contributed by atoms with Crippen LogP contribution in [-0.4, -0.2) is 48.7 Å². The molecule has 0 bridgehead atoms. The van der Waals surface area contributed by atoms with Crippen molar-refractivity contribution in [3.8, 4) is 0 Å². The molecule has 1 fully saturated rings. The molecule has 0 aliphatic carbocycles. The van der Waals surface area contributed by atoms with Gasteiger partial charge in [-0.25, -0.2) is 0 Å². The number of aryl methyl sites for hydroxylation is 3. The lowest BCUT2D eigenvalue weighted by molar-refractivity contribution is 0.387. The van der Waals surface area contributed by atoms with E-state index in [4.69, 9.17) is 4.52 Å². The zero-order valence-corrected chi connectivity index (χ0v) is 16.2. The molecule has 10 nitrogen and oxygen atoms in total. The molecule has 1 aliphatic rings. The van der Waals surface area contributed by atoms with Gasteiger partial charge in [0.25, 0.3) is 0 Å². The number of anilines is 1. The molecule has 0 saturated carbocycles. The Kier molecular flexibility index (Phi) is 4.44. The fraction of sp³-hybridized carbons (Fsp3) is 0.500. The Morgan fingerprint density at radius 2 is 1.96 bits per heavy atom. The van der Waals surface area contributed by atoms with Crippen molar-refractivity contribution < 1.29 is 13.3 Å². The molecule has 1 saturated heterocycles. The summed E-state index contributed by atoms with van der Waals surface area (Å²) in [5, 5.41) is 16.4. The molecule has 1 N–H and O–H groups in total. The normalized spacial score (nSPS) is 18.1. The first-order chi connectivity index (χ1) is 12.8. The van der Waals surface area contributed by atoms with Crippen molar-refractivity contribution in [1.29, 1.82) is 0 Å². The molecule has 0 amide bonds. The molecule has 4 heterocycles. The smallest absolute Gasteiger partial charge is 0.240 e. The number of rotatable bonds is 4. The SMILES string of the molecule is Cc1noc(C)c1[S+](=O)([O-])NC1CCN(c2ccc3nnc(C)n3n2)CC1. The Morgan fingerprint density at radius 1 is 1.22 bits per heavy atom. The van der Waals surface area contributed by atoms with E-state index in [9.17, 15) is 8.76 Å². The minimum absolute atomic E-state index is 0.139. The minimum atomic E-state index is -3.65. The van der Waals surface area contributed by atoms with Gasteiger partial charge >= 0.3 is 0 Å². The summed E-state index contributed by atoms with van der Waals surface area (Å²) in [6.07, 6.45) is 1.37. The van der Waals surface area contributed by atoms with E-state index in [1.165, 1.54) is 0 Å². The molecule has 0 spiro atoms. The van der Waals surface area contributed by atoms with E-state index >= 15 is 0 Å². The molecule has 3 aromatic rings. The number of fused-ring (bicyclic) bond motifs is 1. The van der Waals surface area contributed by atoms with Crippen molar-refractivity contribution in [3.05, 3.63) is 29.4 Å². The van der Waals surface area contributed by atoms with Gasteiger partial charge in [-0.2, -0.15) is 4.52 Å². The van der Waals surface area contributed by atoms with Crippen LogP contribution in [0.15, 0.2) is 21.6 Å². The molecule has 11 heteroatoms. The van der Waals surface area contributed by atoms with E-state index in [2.05, 4.69) is 30.1 Å². The van der Waals surface area contributed by atoms with Crippen molar-refractivity contribution in [3.63, 3.8) is 0 Å². The molecular weight excluding hydrogens is 370 g/mol. The number of aromatic nitrogens is 5. The standard InChI is InChI=1S/C16H21N7O3S/c1-10-16(11(2)26-20-10)27(24,25)21-13-6-8-22(9-7-13)15-5-4-14-18-17-12(3)23(14)19-15/h4-5,13H,6-9H2,1-3H3,(H-,21,24,25). The second kappa shape index (κ2) is 6.66. The zero-order valence-electron chi connectivity index (χ0n) is 15.4. The summed E-state index contributed by atoms with van der Waals surface area (Å²) in [6.45, 7) is 6.49. The molecule has 144 valence electrons. The van der Waals surface area contributed by atoms with E-state index in [1.807, 2.05) is 19.1 Å². The van der Waals surface area contributed by atoms with Crippen LogP contribution in [0.4, 0.5) is 5.82 Å². The van der Waals surface area contributed by atoms with Crippen molar-refractivity contribution in [2.24, 2.45) is 0 Å². The maximum absolute atomic E-state index is 12.7. The largest absolute Gasteiger partial charge is 0.593 e. The second-order valence-electron chi connectivity index (χ2n) is 6.74. The van der Waals surface area contributed by atoms with E-state index in [1.54, 1.807) is 18.4 Å². The van der Waals surface area contributed by atoms with E-state index < -0.39 is 10.4 Å². The fourth-order valence-corrected chi connectivity index (χ4v) is 5.05. The highest BCUT2D eigenvalue weighted by atomic mass is 32.3. The zero-order chi connectivity index (χ0) is 19.2. The van der Waals surface area contributed by atoms with Gasteiger partial charge in [0, 0.05) is 20.0 Å². The second-order valence-corrected chi connectivity index (χ2v) is 8.40. The summed E-state index contributed by atoms with van der Waals surface area (Å²) in [4.78, 5) is 2.28. The Hall–Kier alpha value is -2.37. The Labute approximate surface area is 157 Å². The van der Waals surface area contributed by atoms with Gasteiger partial charge in [-0.15, -0.1) is 20.0 Å². The lowest BCUT2D eigenvalue weighted by Crippen LogP contribution is -2.47. The lowest BCUT2D eigenvalue weighted by Gasteiger charge is -2.33. The van der Waals surface area contributed by atoms with Gasteiger partial charge in [-0.3, -0.25) is 0 Å². The third-order valence-electron chi connectivity index (χ3n) is 4.78. The highest BCUT2D eigenvalue weighted by molar-refractivity contribution is 7.95. The third kappa shape index (κ3) is 3.33. The lowest BCUT2D eigenvalue weighted by atomic mass is 10.1. The Bertz CT molecular complexity index is 1000. The number of hydrogen-bond donors (Lipinski definition) is 1. The molecule has 3 aromatic heterocycles. The fourth-order valence-electron chi connectivity index (χ4n) is 3.42. The molecular formula is C16H21N7O3S. The monoisotopic (exact) mass is 391 g/mol. The highest BCUT2D eigenvalue weighted by Crippen LogP contribution is 2.25. The van der Waals surface area contributed by atoms with Gasteiger partial charge in [0.05, 0.1) is 6.04 Å². The number of hydrogen-bond acceptors (Lipinski definition) is 8. The van der Waals surface area contributed by atoms with Crippen LogP contribution in [0, 0.1) is 20.8 Å². The number of nitrogens with zero attached hydrogens (tertiary/aromatic N) is 6. The first-order valence-electron chi connectivity index (χ1n) is 8.74. The van der Waals surface area contributed by atoms with Crippen molar-refractivity contribution in [2.45, 2.75) is 44.6 Å². The van der Waals surface area contributed by atoms with Gasteiger partial charge in [-0.1, -0.05) is 9.37 Å². The Morgan fingerprint density at radius 3 is 2.63 bits per heavy atom. The first-order valence-corrected chi connectivity index (χ1v) is 10.2. The summed E-state index contributed by atoms with van der Waals surface area (Å²) < 4.78 is 34.8. The van der Waals surface area contributed by atoms with Crippen LogP contribution in [0.2, 0.25) is 0 Å². The van der Waals surface area contributed by atoms with Crippen LogP contribution in [0.25, 0.3) is 5.65 Å². The van der Waals surface area contributed by atoms with Gasteiger partial charge in [0.2, 0.25) is 4.90 Å². The van der Waals surface area contributed by atoms with Crippen LogP contribution in [0.5, 0.6) is 0 Å². The predicted molar refractivity (Wildman–Crippen MR) is 97.0 cm³/mol. The van der Waals surface area contributed by atoms with Crippen LogP contribution >= 0.6 is 0 Å². The van der Waals surface area contributed by atoms with Crippen LogP contribution in [-0.2, 0) is 14.6 Å². The van der Waals surface area contributed by atoms with Gasteiger partial charge in [-0.05, 0) is 38.8 Å². The maximum atomic E-state index is 12.7. The van der Waals surface area contributed by atoms with E-state index in [0.29, 0.717) is 43.0 Å². The van der Waals surface area contributed by atoms with Crippen molar-refractivity contribution in [2.75, 3.05) is 18.0 Å². The molecule has 4 rings (SSSR count). The van der Waals surface area contributed by atoms with Gasteiger partial charge in [0.1, 0.15) is 11.5 Å². The van der Waals surface area contributed by atoms with Crippen LogP contribution in [0.1, 0.15) is 30.1 Å². The molecule has 27 heavy (non-hydrogen) atoms. The average Bonchev–Trinajstić information content (AvgIpc) is 3.17.